The Kier molecular flexibility index (Phi) is 8.49. The molecule has 1 aromatic carbocycles. The summed E-state index contributed by atoms with van der Waals surface area (Å²) in [6, 6.07) is 9.37. The third-order valence-electron chi connectivity index (χ3n) is 7.24. The molecule has 43 heavy (non-hydrogen) atoms. The molecule has 0 spiro atoms. The van der Waals surface area contributed by atoms with Gasteiger partial charge in [-0.1, -0.05) is 43.2 Å². The maximum Gasteiger partial charge on any atom is 0.350 e. The minimum Gasteiger partial charge on any atom is -0.505 e. The minimum atomic E-state index is -1.10. The number of amides is 1. The predicted octanol–water partition coefficient (Wildman–Crippen LogP) is 5.40. The van der Waals surface area contributed by atoms with Gasteiger partial charge in [-0.25, -0.2) is 14.8 Å². The highest BCUT2D eigenvalue weighted by Gasteiger charge is 2.49. The molecular weight excluding hydrogens is 572 g/mol. The van der Waals surface area contributed by atoms with Crippen molar-refractivity contribution < 1.29 is 33.7 Å². The number of Topliss-reactive ketones (excluding diaryl/α,β-unsaturated/α-hetero) is 1. The Morgan fingerprint density at radius 1 is 1.05 bits per heavy atom. The van der Waals surface area contributed by atoms with Crippen LogP contribution in [0.15, 0.2) is 48.2 Å². The highest BCUT2D eigenvalue weighted by molar-refractivity contribution is 7.17. The number of aliphatic hydroxyl groups is 1. The number of esters is 1. The number of thiazole rings is 1. The number of fused-ring (bicyclic) bond motifs is 1. The molecular formula is C31H32N4O7S. The summed E-state index contributed by atoms with van der Waals surface area (Å²) in [6.07, 6.45) is 4.68. The second-order valence-corrected chi connectivity index (χ2v) is 11.0. The standard InChI is InChI=1S/C31H32N4O7S/c1-6-7-10-15-42-20-13-12-19(16-21(20)40-4)25-23(26(36)24-17(2)32-22-11-8-9-14-34(22)24)27(37)29(38)35(25)31-33-18(3)28(43-31)30(39)41-5/h8-9,11-14,16,25,36H,6-7,10,15H2,1-5H3/b26-23+. The molecule has 4 aromatic rings. The number of unbranched alkanes of at least 4 members (excludes halogenated alkanes) is 2. The van der Waals surface area contributed by atoms with Crippen molar-refractivity contribution in [3.63, 3.8) is 0 Å². The highest BCUT2D eigenvalue weighted by Crippen LogP contribution is 2.46. The summed E-state index contributed by atoms with van der Waals surface area (Å²) in [5, 5.41) is 11.9. The number of rotatable bonds is 10. The number of benzene rings is 1. The van der Waals surface area contributed by atoms with Gasteiger partial charge >= 0.3 is 11.9 Å². The van der Waals surface area contributed by atoms with E-state index < -0.39 is 23.7 Å². The van der Waals surface area contributed by atoms with Gasteiger partial charge in [0.05, 0.1) is 43.8 Å². The second kappa shape index (κ2) is 12.3. The molecule has 4 heterocycles. The number of aromatic nitrogens is 3. The summed E-state index contributed by atoms with van der Waals surface area (Å²) in [7, 11) is 2.76. The summed E-state index contributed by atoms with van der Waals surface area (Å²) in [5.41, 5.74) is 1.99. The monoisotopic (exact) mass is 604 g/mol. The van der Waals surface area contributed by atoms with Crippen molar-refractivity contribution in [2.24, 2.45) is 0 Å². The Labute approximate surface area is 252 Å². The fraction of sp³-hybridized carbons (Fsp3) is 0.323. The fourth-order valence-corrected chi connectivity index (χ4v) is 6.16. The first-order chi connectivity index (χ1) is 20.7. The van der Waals surface area contributed by atoms with E-state index in [1.54, 1.807) is 54.8 Å². The van der Waals surface area contributed by atoms with Crippen LogP contribution in [0.5, 0.6) is 11.5 Å². The molecule has 0 aliphatic carbocycles. The summed E-state index contributed by atoms with van der Waals surface area (Å²) >= 11 is 0.929. The number of ether oxygens (including phenoxy) is 3. The Balaban J connectivity index is 1.70. The van der Waals surface area contributed by atoms with Crippen molar-refractivity contribution in [2.75, 3.05) is 25.7 Å². The molecule has 12 heteroatoms. The van der Waals surface area contributed by atoms with Crippen molar-refractivity contribution in [3.05, 3.63) is 75.7 Å². The van der Waals surface area contributed by atoms with Crippen LogP contribution in [0.25, 0.3) is 11.4 Å². The molecule has 1 fully saturated rings. The number of methoxy groups -OCH3 is 2. The van der Waals surface area contributed by atoms with Crippen molar-refractivity contribution >= 4 is 45.5 Å². The Bertz CT molecular complexity index is 1760. The lowest BCUT2D eigenvalue weighted by atomic mass is 9.96. The number of hydrogen-bond acceptors (Lipinski definition) is 10. The van der Waals surface area contributed by atoms with Gasteiger partial charge in [0.1, 0.15) is 16.2 Å². The molecule has 224 valence electrons. The molecule has 1 N–H and O–H groups in total. The van der Waals surface area contributed by atoms with E-state index in [4.69, 9.17) is 14.2 Å². The minimum absolute atomic E-state index is 0.109. The number of hydrogen-bond donors (Lipinski definition) is 1. The van der Waals surface area contributed by atoms with Crippen molar-refractivity contribution in [3.8, 4) is 11.5 Å². The van der Waals surface area contributed by atoms with Gasteiger partial charge in [0.25, 0.3) is 5.78 Å². The first-order valence-corrected chi connectivity index (χ1v) is 14.6. The fourth-order valence-electron chi connectivity index (χ4n) is 5.15. The van der Waals surface area contributed by atoms with Crippen LogP contribution in [0, 0.1) is 13.8 Å². The Hall–Kier alpha value is -4.71. The quantitative estimate of drug-likeness (QED) is 0.0831. The van der Waals surface area contributed by atoms with Gasteiger partial charge in [0.2, 0.25) is 0 Å². The smallest absolute Gasteiger partial charge is 0.350 e. The lowest BCUT2D eigenvalue weighted by Crippen LogP contribution is -2.29. The number of ketones is 1. The van der Waals surface area contributed by atoms with Gasteiger partial charge in [0.15, 0.2) is 22.4 Å². The highest BCUT2D eigenvalue weighted by atomic mass is 32.1. The molecule has 1 amide bonds. The molecule has 1 aliphatic heterocycles. The van der Waals surface area contributed by atoms with Crippen molar-refractivity contribution in [1.29, 1.82) is 0 Å². The number of aliphatic hydroxyl groups excluding tert-OH is 1. The van der Waals surface area contributed by atoms with Crippen LogP contribution in [-0.4, -0.2) is 58.0 Å². The number of nitrogens with zero attached hydrogens (tertiary/aromatic N) is 4. The summed E-state index contributed by atoms with van der Waals surface area (Å²) in [5.74, 6) is -1.89. The lowest BCUT2D eigenvalue weighted by molar-refractivity contribution is -0.132. The maximum absolute atomic E-state index is 13.8. The Morgan fingerprint density at radius 2 is 1.84 bits per heavy atom. The van der Waals surface area contributed by atoms with Gasteiger partial charge < -0.3 is 19.3 Å². The zero-order chi connectivity index (χ0) is 30.8. The van der Waals surface area contributed by atoms with E-state index >= 15 is 0 Å². The number of imidazole rings is 1. The van der Waals surface area contributed by atoms with Gasteiger partial charge in [-0.3, -0.25) is 18.9 Å². The largest absolute Gasteiger partial charge is 0.505 e. The van der Waals surface area contributed by atoms with E-state index in [1.165, 1.54) is 19.1 Å². The Morgan fingerprint density at radius 3 is 2.56 bits per heavy atom. The van der Waals surface area contributed by atoms with E-state index in [0.29, 0.717) is 40.7 Å². The molecule has 0 bridgehead atoms. The number of anilines is 1. The third kappa shape index (κ3) is 5.34. The van der Waals surface area contributed by atoms with E-state index in [9.17, 15) is 19.5 Å². The van der Waals surface area contributed by atoms with E-state index in [1.807, 2.05) is 6.07 Å². The molecule has 1 saturated heterocycles. The molecule has 0 radical (unpaired) electrons. The van der Waals surface area contributed by atoms with Crippen LogP contribution in [0.1, 0.15) is 64.5 Å². The number of pyridine rings is 1. The van der Waals surface area contributed by atoms with Gasteiger partial charge in [-0.2, -0.15) is 0 Å². The molecule has 5 rings (SSSR count). The molecule has 1 atom stereocenters. The average molecular weight is 605 g/mol. The van der Waals surface area contributed by atoms with Gasteiger partial charge in [0, 0.05) is 6.20 Å². The first kappa shape index (κ1) is 29.8. The van der Waals surface area contributed by atoms with Crippen LogP contribution < -0.4 is 14.4 Å². The van der Waals surface area contributed by atoms with Gasteiger partial charge in [-0.15, -0.1) is 0 Å². The van der Waals surface area contributed by atoms with E-state index in [-0.39, 0.29) is 27.0 Å². The molecule has 3 aromatic heterocycles. The van der Waals surface area contributed by atoms with Crippen molar-refractivity contribution in [2.45, 2.75) is 46.1 Å². The zero-order valence-electron chi connectivity index (χ0n) is 24.5. The third-order valence-corrected chi connectivity index (χ3v) is 8.38. The van der Waals surface area contributed by atoms with Crippen molar-refractivity contribution in [1.82, 2.24) is 14.4 Å². The topological polar surface area (TPSA) is 133 Å². The predicted molar refractivity (Wildman–Crippen MR) is 161 cm³/mol. The van der Waals surface area contributed by atoms with Crippen LogP contribution >= 0.6 is 11.3 Å². The summed E-state index contributed by atoms with van der Waals surface area (Å²) in [6.45, 7) is 5.95. The van der Waals surface area contributed by atoms with Crippen LogP contribution in [0.3, 0.4) is 0 Å². The number of carbonyl (C=O) groups is 3. The number of carbonyl (C=O) groups excluding carboxylic acids is 3. The first-order valence-electron chi connectivity index (χ1n) is 13.8. The molecule has 0 saturated carbocycles. The zero-order valence-corrected chi connectivity index (χ0v) is 25.4. The normalized spacial score (nSPS) is 16.2. The number of aryl methyl sites for hydroxylation is 2. The average Bonchev–Trinajstić information content (AvgIpc) is 3.64. The maximum atomic E-state index is 13.8. The molecule has 1 aliphatic rings. The van der Waals surface area contributed by atoms with Crippen LogP contribution in [-0.2, 0) is 14.3 Å². The van der Waals surface area contributed by atoms with Crippen LogP contribution in [0.2, 0.25) is 0 Å². The van der Waals surface area contributed by atoms with Crippen LogP contribution in [0.4, 0.5) is 5.13 Å². The van der Waals surface area contributed by atoms with E-state index in [0.717, 1.165) is 30.6 Å². The lowest BCUT2D eigenvalue weighted by Gasteiger charge is -2.24. The second-order valence-electron chi connectivity index (χ2n) is 10.0. The summed E-state index contributed by atoms with van der Waals surface area (Å²) in [4.78, 5) is 50.2. The SMILES string of the molecule is CCCCCOc1ccc(C2/C(=C(\O)c3c(C)nc4ccccn34)C(=O)C(=O)N2c2nc(C)c(C(=O)OC)s2)cc1OC. The van der Waals surface area contributed by atoms with E-state index in [2.05, 4.69) is 16.9 Å². The summed E-state index contributed by atoms with van der Waals surface area (Å²) < 4.78 is 18.1. The van der Waals surface area contributed by atoms with Gasteiger partial charge in [-0.05, 0) is 50.1 Å². The molecule has 1 unspecified atom stereocenters. The molecule has 11 nitrogen and oxygen atoms in total.